The number of hydrogen-bond acceptors (Lipinski definition) is 5. The molecular weight excluding hydrogens is 398 g/mol. The zero-order valence-electron chi connectivity index (χ0n) is 19.4. The van der Waals surface area contributed by atoms with E-state index in [0.717, 1.165) is 0 Å². The monoisotopic (exact) mass is 431 g/mol. The molecule has 0 radical (unpaired) electrons. The number of rotatable bonds is 1. The van der Waals surface area contributed by atoms with Crippen molar-refractivity contribution in [2.45, 2.75) is 72.4 Å². The molecule has 0 aliphatic rings. The predicted octanol–water partition coefficient (Wildman–Crippen LogP) is 5.03. The zero-order valence-corrected chi connectivity index (χ0v) is 20.4. The van der Waals surface area contributed by atoms with Gasteiger partial charge in [0.05, 0.1) is 5.69 Å². The second-order valence-electron chi connectivity index (χ2n) is 9.78. The summed E-state index contributed by atoms with van der Waals surface area (Å²) in [6, 6.07) is 7.13. The Balaban J connectivity index is 3.41. The van der Waals surface area contributed by atoms with Crippen LogP contribution in [0.5, 0.6) is 0 Å². The van der Waals surface area contributed by atoms with Crippen LogP contribution in [0, 0.1) is 11.5 Å². The molecule has 1 aromatic carbocycles. The van der Waals surface area contributed by atoms with Gasteiger partial charge >= 0.3 is 12.2 Å². The minimum absolute atomic E-state index is 0.360. The Labute approximate surface area is 180 Å². The van der Waals surface area contributed by atoms with Crippen molar-refractivity contribution < 1.29 is 19.1 Å². The van der Waals surface area contributed by atoms with Crippen molar-refractivity contribution in [3.63, 3.8) is 0 Å². The number of carbonyl (C=O) groups is 2. The van der Waals surface area contributed by atoms with Gasteiger partial charge in [0.25, 0.3) is 0 Å². The summed E-state index contributed by atoms with van der Waals surface area (Å²) >= 11 is 0. The minimum atomic E-state index is -1.61. The van der Waals surface area contributed by atoms with Crippen LogP contribution >= 0.6 is 0 Å². The smallest absolute Gasteiger partial charge is 0.427 e. The number of hydrogen-bond donors (Lipinski definition) is 1. The molecule has 30 heavy (non-hydrogen) atoms. The normalized spacial score (nSPS) is 12.5. The Bertz CT molecular complexity index is 851. The predicted molar refractivity (Wildman–Crippen MR) is 122 cm³/mol. The van der Waals surface area contributed by atoms with Gasteiger partial charge in [-0.05, 0) is 53.7 Å². The Hall–Kier alpha value is -2.79. The summed E-state index contributed by atoms with van der Waals surface area (Å²) in [5.74, 6) is 2.77. The highest BCUT2D eigenvalue weighted by Crippen LogP contribution is 2.20. The molecule has 0 spiro atoms. The molecule has 2 N–H and O–H groups in total. The molecule has 0 aliphatic heterocycles. The van der Waals surface area contributed by atoms with Crippen molar-refractivity contribution in [2.75, 3.05) is 0 Å². The van der Waals surface area contributed by atoms with E-state index in [1.807, 2.05) is 12.1 Å². The van der Waals surface area contributed by atoms with Gasteiger partial charge in [-0.1, -0.05) is 37.7 Å². The summed E-state index contributed by atoms with van der Waals surface area (Å²) in [5.41, 5.74) is 8.77. The number of amides is 2. The fourth-order valence-electron chi connectivity index (χ4n) is 1.98. The van der Waals surface area contributed by atoms with Crippen molar-refractivity contribution in [2.24, 2.45) is 10.7 Å². The van der Waals surface area contributed by atoms with E-state index in [-0.39, 0.29) is 5.96 Å². The van der Waals surface area contributed by atoms with E-state index in [1.165, 1.54) is 0 Å². The Morgan fingerprint density at radius 1 is 0.967 bits per heavy atom. The van der Waals surface area contributed by atoms with Gasteiger partial charge in [-0.2, -0.15) is 0 Å². The summed E-state index contributed by atoms with van der Waals surface area (Å²) in [7, 11) is -1.61. The van der Waals surface area contributed by atoms with Gasteiger partial charge in [-0.25, -0.2) is 14.6 Å². The summed E-state index contributed by atoms with van der Waals surface area (Å²) in [5, 5.41) is 0. The lowest BCUT2D eigenvalue weighted by Crippen LogP contribution is -2.49. The zero-order chi connectivity index (χ0) is 23.3. The Morgan fingerprint density at radius 2 is 1.43 bits per heavy atom. The van der Waals surface area contributed by atoms with Gasteiger partial charge in [0.15, 0.2) is 0 Å². The SMILES string of the molecule is CC(C)(C)OC(=O)N(C(=O)OC(C)(C)C)C(N)=Nc1ccccc1C#C[Si](C)(C)C. The van der Waals surface area contributed by atoms with Gasteiger partial charge in [-0.15, -0.1) is 10.4 Å². The molecule has 0 atom stereocenters. The van der Waals surface area contributed by atoms with E-state index in [1.54, 1.807) is 53.7 Å². The summed E-state index contributed by atoms with van der Waals surface area (Å²) < 4.78 is 10.6. The number of benzene rings is 1. The van der Waals surface area contributed by atoms with E-state index >= 15 is 0 Å². The van der Waals surface area contributed by atoms with Crippen LogP contribution in [0.4, 0.5) is 15.3 Å². The van der Waals surface area contributed by atoms with Crippen LogP contribution in [0.2, 0.25) is 19.6 Å². The van der Waals surface area contributed by atoms with Crippen LogP contribution in [0.3, 0.4) is 0 Å². The fraction of sp³-hybridized carbons (Fsp3) is 0.500. The lowest BCUT2D eigenvalue weighted by atomic mass is 10.2. The highest BCUT2D eigenvalue weighted by molar-refractivity contribution is 6.83. The van der Waals surface area contributed by atoms with E-state index in [9.17, 15) is 9.59 Å². The van der Waals surface area contributed by atoms with Crippen LogP contribution in [-0.2, 0) is 9.47 Å². The first kappa shape index (κ1) is 25.2. The molecule has 0 saturated carbocycles. The van der Waals surface area contributed by atoms with Crippen molar-refractivity contribution in [3.8, 4) is 11.5 Å². The quantitative estimate of drug-likeness (QED) is 0.291. The molecule has 0 aliphatic carbocycles. The molecule has 1 aromatic rings. The maximum atomic E-state index is 12.7. The largest absolute Gasteiger partial charge is 0.443 e. The van der Waals surface area contributed by atoms with Crippen LogP contribution in [0.15, 0.2) is 29.3 Å². The Kier molecular flexibility index (Phi) is 7.87. The first-order valence-corrected chi connectivity index (χ1v) is 13.2. The summed E-state index contributed by atoms with van der Waals surface area (Å²) in [6.45, 7) is 16.5. The molecule has 0 unspecified atom stereocenters. The van der Waals surface area contributed by atoms with Crippen LogP contribution in [0.25, 0.3) is 0 Å². The highest BCUT2D eigenvalue weighted by atomic mass is 28.3. The fourth-order valence-corrected chi connectivity index (χ4v) is 2.49. The third kappa shape index (κ3) is 9.14. The number of nitrogens with two attached hydrogens (primary N) is 1. The van der Waals surface area contributed by atoms with Gasteiger partial charge < -0.3 is 15.2 Å². The standard InChI is InChI=1S/C22H33N3O4Si/c1-21(2,3)28-19(26)25(20(27)29-22(4,5)6)18(23)24-17-13-11-10-12-16(17)14-15-30(7,8)9/h10-13H,1-9H3,(H2,23,24). The molecule has 0 aromatic heterocycles. The van der Waals surface area contributed by atoms with Crippen molar-refractivity contribution >= 4 is 31.9 Å². The number of aliphatic imine (C=N–C) groups is 1. The summed E-state index contributed by atoms with van der Waals surface area (Å²) in [4.78, 5) is 30.2. The average molecular weight is 432 g/mol. The van der Waals surface area contributed by atoms with Crippen LogP contribution < -0.4 is 5.73 Å². The van der Waals surface area contributed by atoms with E-state index in [2.05, 4.69) is 36.1 Å². The number of para-hydroxylation sites is 1. The second-order valence-corrected chi connectivity index (χ2v) is 14.5. The molecule has 7 nitrogen and oxygen atoms in total. The third-order valence-electron chi connectivity index (χ3n) is 3.09. The second kappa shape index (κ2) is 9.35. The molecule has 0 heterocycles. The number of imide groups is 1. The molecule has 8 heteroatoms. The molecule has 164 valence electrons. The van der Waals surface area contributed by atoms with E-state index in [4.69, 9.17) is 15.2 Å². The van der Waals surface area contributed by atoms with Crippen LogP contribution in [0.1, 0.15) is 47.1 Å². The van der Waals surface area contributed by atoms with Gasteiger partial charge in [0.2, 0.25) is 5.96 Å². The van der Waals surface area contributed by atoms with Gasteiger partial charge in [0, 0.05) is 5.56 Å². The minimum Gasteiger partial charge on any atom is -0.443 e. The van der Waals surface area contributed by atoms with Crippen molar-refractivity contribution in [3.05, 3.63) is 29.8 Å². The highest BCUT2D eigenvalue weighted by Gasteiger charge is 2.34. The first-order chi connectivity index (χ1) is 13.5. The van der Waals surface area contributed by atoms with Gasteiger partial charge in [-0.3, -0.25) is 0 Å². The van der Waals surface area contributed by atoms with E-state index in [0.29, 0.717) is 16.2 Å². The van der Waals surface area contributed by atoms with Crippen molar-refractivity contribution in [1.82, 2.24) is 4.90 Å². The summed E-state index contributed by atoms with van der Waals surface area (Å²) in [6.07, 6.45) is -1.94. The number of nitrogens with zero attached hydrogens (tertiary/aromatic N) is 2. The van der Waals surface area contributed by atoms with E-state index < -0.39 is 31.5 Å². The molecule has 2 amide bonds. The number of carbonyl (C=O) groups excluding carboxylic acids is 2. The maximum Gasteiger partial charge on any atom is 0.427 e. The van der Waals surface area contributed by atoms with Crippen molar-refractivity contribution in [1.29, 1.82) is 0 Å². The van der Waals surface area contributed by atoms with Gasteiger partial charge in [0.1, 0.15) is 19.3 Å². The number of ether oxygens (including phenoxy) is 2. The Morgan fingerprint density at radius 3 is 1.87 bits per heavy atom. The first-order valence-electron chi connectivity index (χ1n) is 9.71. The molecule has 1 rings (SSSR count). The average Bonchev–Trinajstić information content (AvgIpc) is 2.49. The molecule has 0 saturated heterocycles. The lowest BCUT2D eigenvalue weighted by molar-refractivity contribution is 0.0145. The number of guanidine groups is 1. The molecule has 0 fully saturated rings. The lowest BCUT2D eigenvalue weighted by Gasteiger charge is -2.27. The maximum absolute atomic E-state index is 12.7. The molecular formula is C22H33N3O4Si. The van der Waals surface area contributed by atoms with Crippen LogP contribution in [-0.4, -0.2) is 42.3 Å². The third-order valence-corrected chi connectivity index (χ3v) is 3.97. The topological polar surface area (TPSA) is 94.2 Å². The molecule has 0 bridgehead atoms.